The Bertz CT molecular complexity index is 438. The van der Waals surface area contributed by atoms with Crippen molar-refractivity contribution in [2.75, 3.05) is 38.3 Å². The topological polar surface area (TPSA) is 49.3 Å². The number of thioether (sulfide) groups is 1. The van der Waals surface area contributed by atoms with E-state index in [9.17, 15) is 4.79 Å². The van der Waals surface area contributed by atoms with Crippen molar-refractivity contribution in [2.45, 2.75) is 11.6 Å². The van der Waals surface area contributed by atoms with E-state index in [1.54, 1.807) is 11.1 Å². The Kier molecular flexibility index (Phi) is 4.06. The molecule has 0 bridgehead atoms. The number of nitrogens with zero attached hydrogens (tertiary/aromatic N) is 4. The van der Waals surface area contributed by atoms with Crippen molar-refractivity contribution in [3.05, 3.63) is 12.3 Å². The molecule has 1 unspecified atom stereocenters. The molecule has 2 heterocycles. The van der Waals surface area contributed by atoms with Crippen LogP contribution in [0.2, 0.25) is 0 Å². The van der Waals surface area contributed by atoms with E-state index in [1.807, 2.05) is 26.4 Å². The average molecular weight is 266 g/mol. The van der Waals surface area contributed by atoms with Crippen molar-refractivity contribution in [1.29, 1.82) is 0 Å². The summed E-state index contributed by atoms with van der Waals surface area (Å²) in [5.74, 6) is 1.22. The minimum atomic E-state index is 0.0905. The van der Waals surface area contributed by atoms with Crippen LogP contribution in [0.25, 0.3) is 0 Å². The van der Waals surface area contributed by atoms with Crippen molar-refractivity contribution in [2.24, 2.45) is 5.92 Å². The van der Waals surface area contributed by atoms with E-state index in [0.29, 0.717) is 0 Å². The fourth-order valence-corrected chi connectivity index (χ4v) is 2.49. The Hall–Kier alpha value is -1.30. The molecular formula is C12H18N4OS. The van der Waals surface area contributed by atoms with Crippen LogP contribution in [0.3, 0.4) is 0 Å². The lowest BCUT2D eigenvalue weighted by atomic mass is 10.1. The van der Waals surface area contributed by atoms with Gasteiger partial charge in [-0.1, -0.05) is 11.8 Å². The molecule has 2 rings (SSSR count). The summed E-state index contributed by atoms with van der Waals surface area (Å²) in [6.07, 6.45) is 4.63. The predicted molar refractivity (Wildman–Crippen MR) is 72.8 cm³/mol. The smallest absolute Gasteiger partial charge is 0.227 e. The number of hydrogen-bond acceptors (Lipinski definition) is 5. The number of rotatable bonds is 3. The predicted octanol–water partition coefficient (Wildman–Crippen LogP) is 1.11. The quantitative estimate of drug-likeness (QED) is 0.606. The highest BCUT2D eigenvalue weighted by Crippen LogP contribution is 2.24. The van der Waals surface area contributed by atoms with Gasteiger partial charge in [0.2, 0.25) is 5.91 Å². The molecule has 1 aliphatic heterocycles. The zero-order chi connectivity index (χ0) is 13.1. The highest BCUT2D eigenvalue weighted by molar-refractivity contribution is 7.98. The highest BCUT2D eigenvalue weighted by Gasteiger charge is 2.30. The highest BCUT2D eigenvalue weighted by atomic mass is 32.2. The molecule has 18 heavy (non-hydrogen) atoms. The second-order valence-electron chi connectivity index (χ2n) is 4.57. The first-order chi connectivity index (χ1) is 8.61. The van der Waals surface area contributed by atoms with Crippen molar-refractivity contribution >= 4 is 23.5 Å². The molecule has 0 aromatic carbocycles. The maximum atomic E-state index is 11.9. The molecule has 6 heteroatoms. The zero-order valence-corrected chi connectivity index (χ0v) is 11.8. The Morgan fingerprint density at radius 2 is 2.33 bits per heavy atom. The molecule has 1 aliphatic rings. The molecule has 0 aliphatic carbocycles. The number of anilines is 1. The Morgan fingerprint density at radius 3 is 3.00 bits per heavy atom. The molecule has 0 spiro atoms. The zero-order valence-electron chi connectivity index (χ0n) is 11.0. The fourth-order valence-electron chi connectivity index (χ4n) is 2.14. The Morgan fingerprint density at radius 1 is 1.56 bits per heavy atom. The van der Waals surface area contributed by atoms with E-state index < -0.39 is 0 Å². The molecule has 0 radical (unpaired) electrons. The molecule has 1 saturated heterocycles. The summed E-state index contributed by atoms with van der Waals surface area (Å²) >= 11 is 1.53. The second-order valence-corrected chi connectivity index (χ2v) is 5.34. The third-order valence-corrected chi connectivity index (χ3v) is 3.67. The van der Waals surface area contributed by atoms with Gasteiger partial charge in [-0.15, -0.1) is 0 Å². The van der Waals surface area contributed by atoms with E-state index in [4.69, 9.17) is 0 Å². The third-order valence-electron chi connectivity index (χ3n) is 3.10. The van der Waals surface area contributed by atoms with Gasteiger partial charge in [-0.2, -0.15) is 0 Å². The number of carbonyl (C=O) groups excluding carboxylic acids is 1. The van der Waals surface area contributed by atoms with Crippen LogP contribution in [0.5, 0.6) is 0 Å². The molecule has 0 saturated carbocycles. The van der Waals surface area contributed by atoms with E-state index >= 15 is 0 Å². The summed E-state index contributed by atoms with van der Waals surface area (Å²) in [4.78, 5) is 24.4. The summed E-state index contributed by atoms with van der Waals surface area (Å²) in [6.45, 7) is 1.64. The maximum Gasteiger partial charge on any atom is 0.227 e. The molecule has 1 aromatic rings. The SMILES string of the molecule is CSc1nccc(N2CCC(C(=O)N(C)C)C2)n1. The van der Waals surface area contributed by atoms with Crippen molar-refractivity contribution in [1.82, 2.24) is 14.9 Å². The second kappa shape index (κ2) is 5.56. The molecule has 1 amide bonds. The lowest BCUT2D eigenvalue weighted by Crippen LogP contribution is -2.32. The van der Waals surface area contributed by atoms with Crippen LogP contribution >= 0.6 is 11.8 Å². The summed E-state index contributed by atoms with van der Waals surface area (Å²) in [5.41, 5.74) is 0. The molecule has 5 nitrogen and oxygen atoms in total. The molecular weight excluding hydrogens is 248 g/mol. The van der Waals surface area contributed by atoms with Gasteiger partial charge in [0.15, 0.2) is 5.16 Å². The van der Waals surface area contributed by atoms with Gasteiger partial charge in [-0.3, -0.25) is 4.79 Å². The van der Waals surface area contributed by atoms with Gasteiger partial charge >= 0.3 is 0 Å². The van der Waals surface area contributed by atoms with Crippen LogP contribution in [-0.2, 0) is 4.79 Å². The van der Waals surface area contributed by atoms with Gasteiger partial charge in [0.25, 0.3) is 0 Å². The van der Waals surface area contributed by atoms with Gasteiger partial charge in [0, 0.05) is 33.4 Å². The first-order valence-corrected chi connectivity index (χ1v) is 7.17. The fraction of sp³-hybridized carbons (Fsp3) is 0.583. The lowest BCUT2D eigenvalue weighted by molar-refractivity contribution is -0.132. The number of carbonyl (C=O) groups is 1. The largest absolute Gasteiger partial charge is 0.356 e. The van der Waals surface area contributed by atoms with Crippen LogP contribution in [-0.4, -0.2) is 54.2 Å². The Labute approximate surface area is 112 Å². The molecule has 1 fully saturated rings. The standard InChI is InChI=1S/C12H18N4OS/c1-15(2)11(17)9-5-7-16(8-9)10-4-6-13-12(14-10)18-3/h4,6,9H,5,7-8H2,1-3H3. The minimum Gasteiger partial charge on any atom is -0.356 e. The van der Waals surface area contributed by atoms with Gasteiger partial charge in [-0.25, -0.2) is 9.97 Å². The molecule has 1 atom stereocenters. The van der Waals surface area contributed by atoms with Crippen molar-refractivity contribution < 1.29 is 4.79 Å². The van der Waals surface area contributed by atoms with E-state index in [-0.39, 0.29) is 11.8 Å². The van der Waals surface area contributed by atoms with Crippen LogP contribution in [0.1, 0.15) is 6.42 Å². The summed E-state index contributed by atoms with van der Waals surface area (Å²) in [7, 11) is 3.61. The van der Waals surface area contributed by atoms with Gasteiger partial charge in [0.1, 0.15) is 5.82 Å². The summed E-state index contributed by atoms with van der Waals surface area (Å²) in [6, 6.07) is 1.90. The number of aromatic nitrogens is 2. The van der Waals surface area contributed by atoms with Gasteiger partial charge in [-0.05, 0) is 18.7 Å². The maximum absolute atomic E-state index is 11.9. The van der Waals surface area contributed by atoms with Gasteiger partial charge in [0.05, 0.1) is 5.92 Å². The first-order valence-electron chi connectivity index (χ1n) is 5.95. The van der Waals surface area contributed by atoms with Crippen LogP contribution in [0, 0.1) is 5.92 Å². The van der Waals surface area contributed by atoms with Crippen LogP contribution in [0.15, 0.2) is 17.4 Å². The molecule has 0 N–H and O–H groups in total. The average Bonchev–Trinajstić information content (AvgIpc) is 2.87. The summed E-state index contributed by atoms with van der Waals surface area (Å²) < 4.78 is 0. The number of hydrogen-bond donors (Lipinski definition) is 0. The first kappa shape index (κ1) is 13.1. The molecule has 98 valence electrons. The third kappa shape index (κ3) is 2.75. The van der Waals surface area contributed by atoms with E-state index in [1.165, 1.54) is 11.8 Å². The number of amides is 1. The van der Waals surface area contributed by atoms with Crippen molar-refractivity contribution in [3.63, 3.8) is 0 Å². The van der Waals surface area contributed by atoms with Crippen LogP contribution < -0.4 is 4.90 Å². The summed E-state index contributed by atoms with van der Waals surface area (Å²) in [5, 5.41) is 0.773. The van der Waals surface area contributed by atoms with Gasteiger partial charge < -0.3 is 9.80 Å². The van der Waals surface area contributed by atoms with E-state index in [0.717, 1.165) is 30.5 Å². The van der Waals surface area contributed by atoms with Crippen LogP contribution in [0.4, 0.5) is 5.82 Å². The Balaban J connectivity index is 2.06. The molecule has 1 aromatic heterocycles. The lowest BCUT2D eigenvalue weighted by Gasteiger charge is -2.19. The normalized spacial score (nSPS) is 19.1. The monoisotopic (exact) mass is 266 g/mol. The minimum absolute atomic E-state index is 0.0905. The van der Waals surface area contributed by atoms with E-state index in [2.05, 4.69) is 14.9 Å². The van der Waals surface area contributed by atoms with Crippen molar-refractivity contribution in [3.8, 4) is 0 Å².